The normalized spacial score (nSPS) is 33.1. The second kappa shape index (κ2) is 5.93. The average Bonchev–Trinajstić information content (AvgIpc) is 3.36. The van der Waals surface area contributed by atoms with E-state index in [0.29, 0.717) is 23.1 Å². The van der Waals surface area contributed by atoms with Crippen LogP contribution in [0.1, 0.15) is 48.9 Å². The number of imide groups is 1. The Labute approximate surface area is 153 Å². The number of carbonyl (C=O) groups is 3. The van der Waals surface area contributed by atoms with Gasteiger partial charge in [0.25, 0.3) is 5.91 Å². The van der Waals surface area contributed by atoms with E-state index in [1.807, 2.05) is 4.90 Å². The van der Waals surface area contributed by atoms with Crippen LogP contribution in [0.5, 0.6) is 0 Å². The lowest BCUT2D eigenvalue weighted by molar-refractivity contribution is -0.123. The molecule has 1 aromatic carbocycles. The Kier molecular flexibility index (Phi) is 3.66. The molecular weight excluding hydrogens is 328 g/mol. The Morgan fingerprint density at radius 2 is 1.42 bits per heavy atom. The SMILES string of the molecule is O=C(c1ccc(N2C(=O)[C@@H]3[C@H]4CC[C@@H](C4)[C@@H]3C2=O)cc1)N1CCCCC1. The highest BCUT2D eigenvalue weighted by molar-refractivity contribution is 6.22. The van der Waals surface area contributed by atoms with Crippen molar-refractivity contribution in [1.82, 2.24) is 4.90 Å². The zero-order valence-electron chi connectivity index (χ0n) is 14.9. The predicted molar refractivity (Wildman–Crippen MR) is 96.5 cm³/mol. The maximum atomic E-state index is 12.9. The number of piperidine rings is 1. The maximum Gasteiger partial charge on any atom is 0.253 e. The number of anilines is 1. The Morgan fingerprint density at radius 3 is 2.00 bits per heavy atom. The molecule has 4 fully saturated rings. The molecule has 4 aliphatic rings. The van der Waals surface area contributed by atoms with Crippen LogP contribution in [0.15, 0.2) is 24.3 Å². The third kappa shape index (κ3) is 2.25. The van der Waals surface area contributed by atoms with Crippen molar-refractivity contribution in [1.29, 1.82) is 0 Å². The quantitative estimate of drug-likeness (QED) is 0.769. The molecule has 2 heterocycles. The van der Waals surface area contributed by atoms with E-state index in [-0.39, 0.29) is 29.6 Å². The minimum Gasteiger partial charge on any atom is -0.339 e. The van der Waals surface area contributed by atoms with E-state index in [9.17, 15) is 14.4 Å². The predicted octanol–water partition coefficient (Wildman–Crippen LogP) is 2.85. The van der Waals surface area contributed by atoms with E-state index in [1.54, 1.807) is 24.3 Å². The van der Waals surface area contributed by atoms with Crippen LogP contribution in [0.3, 0.4) is 0 Å². The van der Waals surface area contributed by atoms with Gasteiger partial charge in [0.15, 0.2) is 0 Å². The lowest BCUT2D eigenvalue weighted by Gasteiger charge is -2.27. The lowest BCUT2D eigenvalue weighted by atomic mass is 9.81. The minimum atomic E-state index is -0.101. The first-order valence-electron chi connectivity index (χ1n) is 9.92. The van der Waals surface area contributed by atoms with E-state index in [1.165, 1.54) is 11.3 Å². The summed E-state index contributed by atoms with van der Waals surface area (Å²) in [5.74, 6) is 0.583. The summed E-state index contributed by atoms with van der Waals surface area (Å²) < 4.78 is 0. The van der Waals surface area contributed by atoms with Gasteiger partial charge in [-0.2, -0.15) is 0 Å². The number of nitrogens with zero attached hydrogens (tertiary/aromatic N) is 2. The molecule has 2 saturated heterocycles. The van der Waals surface area contributed by atoms with Crippen molar-refractivity contribution in [2.75, 3.05) is 18.0 Å². The average molecular weight is 352 g/mol. The summed E-state index contributed by atoms with van der Waals surface area (Å²) in [5, 5.41) is 0. The van der Waals surface area contributed by atoms with Gasteiger partial charge in [-0.25, -0.2) is 0 Å². The standard InChI is InChI=1S/C21H24N2O3/c24-19(22-10-2-1-3-11-22)13-6-8-16(9-7-13)23-20(25)17-14-4-5-15(12-14)18(17)21(23)26/h6-9,14-15,17-18H,1-5,10-12H2/t14-,15-,17-,18+/m0/s1. The van der Waals surface area contributed by atoms with Gasteiger partial charge in [0.2, 0.25) is 11.8 Å². The fourth-order valence-corrected chi connectivity index (χ4v) is 5.70. The van der Waals surface area contributed by atoms with Gasteiger partial charge >= 0.3 is 0 Å². The molecular formula is C21H24N2O3. The first kappa shape index (κ1) is 16.0. The second-order valence-electron chi connectivity index (χ2n) is 8.30. The zero-order chi connectivity index (χ0) is 17.8. The van der Waals surface area contributed by atoms with E-state index < -0.39 is 0 Å². The molecule has 3 amide bonds. The van der Waals surface area contributed by atoms with E-state index >= 15 is 0 Å². The fourth-order valence-electron chi connectivity index (χ4n) is 5.70. The van der Waals surface area contributed by atoms with Crippen LogP contribution in [-0.2, 0) is 9.59 Å². The van der Waals surface area contributed by atoms with Crippen LogP contribution in [0.4, 0.5) is 5.69 Å². The highest BCUT2D eigenvalue weighted by atomic mass is 16.2. The van der Waals surface area contributed by atoms with Crippen LogP contribution in [-0.4, -0.2) is 35.7 Å². The van der Waals surface area contributed by atoms with Crippen molar-refractivity contribution in [2.45, 2.75) is 38.5 Å². The van der Waals surface area contributed by atoms with Crippen molar-refractivity contribution >= 4 is 23.4 Å². The van der Waals surface area contributed by atoms with Crippen LogP contribution in [0.25, 0.3) is 0 Å². The largest absolute Gasteiger partial charge is 0.339 e. The van der Waals surface area contributed by atoms with Crippen molar-refractivity contribution in [2.24, 2.45) is 23.7 Å². The highest BCUT2D eigenvalue weighted by Crippen LogP contribution is 2.56. The molecule has 2 bridgehead atoms. The van der Waals surface area contributed by atoms with Gasteiger partial charge in [0.05, 0.1) is 17.5 Å². The Balaban J connectivity index is 1.37. The highest BCUT2D eigenvalue weighted by Gasteiger charge is 2.61. The monoisotopic (exact) mass is 352 g/mol. The molecule has 1 aromatic rings. The molecule has 0 spiro atoms. The van der Waals surface area contributed by atoms with Crippen molar-refractivity contribution < 1.29 is 14.4 Å². The van der Waals surface area contributed by atoms with E-state index in [0.717, 1.165) is 45.2 Å². The first-order valence-corrected chi connectivity index (χ1v) is 9.92. The van der Waals surface area contributed by atoms with Crippen LogP contribution < -0.4 is 4.90 Å². The Hall–Kier alpha value is -2.17. The van der Waals surface area contributed by atoms with Gasteiger partial charge in [-0.05, 0) is 74.6 Å². The molecule has 26 heavy (non-hydrogen) atoms. The molecule has 2 aliphatic carbocycles. The van der Waals surface area contributed by atoms with E-state index in [2.05, 4.69) is 0 Å². The number of fused-ring (bicyclic) bond motifs is 5. The number of amides is 3. The molecule has 4 atom stereocenters. The fraction of sp³-hybridized carbons (Fsp3) is 0.571. The van der Waals surface area contributed by atoms with E-state index in [4.69, 9.17) is 0 Å². The smallest absolute Gasteiger partial charge is 0.253 e. The van der Waals surface area contributed by atoms with Gasteiger partial charge in [-0.1, -0.05) is 0 Å². The number of likely N-dealkylation sites (tertiary alicyclic amines) is 1. The molecule has 136 valence electrons. The summed E-state index contributed by atoms with van der Waals surface area (Å²) in [5.41, 5.74) is 1.25. The van der Waals surface area contributed by atoms with Gasteiger partial charge in [0, 0.05) is 18.7 Å². The minimum absolute atomic E-state index is 0.0256. The molecule has 5 rings (SSSR count). The van der Waals surface area contributed by atoms with Crippen molar-refractivity contribution in [3.05, 3.63) is 29.8 Å². The second-order valence-corrected chi connectivity index (χ2v) is 8.30. The molecule has 2 saturated carbocycles. The molecule has 2 aliphatic heterocycles. The number of hydrogen-bond donors (Lipinski definition) is 0. The summed E-state index contributed by atoms with van der Waals surface area (Å²) in [7, 11) is 0. The first-order chi connectivity index (χ1) is 12.6. The molecule has 0 N–H and O–H groups in total. The third-order valence-electron chi connectivity index (χ3n) is 6.94. The van der Waals surface area contributed by atoms with Crippen LogP contribution in [0.2, 0.25) is 0 Å². The third-order valence-corrected chi connectivity index (χ3v) is 6.94. The van der Waals surface area contributed by atoms with Crippen molar-refractivity contribution in [3.63, 3.8) is 0 Å². The number of carbonyl (C=O) groups excluding carboxylic acids is 3. The van der Waals surface area contributed by atoms with Crippen LogP contribution in [0, 0.1) is 23.7 Å². The van der Waals surface area contributed by atoms with Gasteiger partial charge < -0.3 is 4.90 Å². The Morgan fingerprint density at radius 1 is 0.846 bits per heavy atom. The molecule has 0 radical (unpaired) electrons. The topological polar surface area (TPSA) is 57.7 Å². The molecule has 0 unspecified atom stereocenters. The Bertz CT molecular complexity index is 738. The zero-order valence-corrected chi connectivity index (χ0v) is 14.9. The van der Waals surface area contributed by atoms with Crippen LogP contribution >= 0.6 is 0 Å². The summed E-state index contributed by atoms with van der Waals surface area (Å²) in [6.45, 7) is 1.63. The number of benzene rings is 1. The van der Waals surface area contributed by atoms with Gasteiger partial charge in [-0.15, -0.1) is 0 Å². The maximum absolute atomic E-state index is 12.9. The summed E-state index contributed by atoms with van der Waals surface area (Å²) in [4.78, 5) is 41.6. The lowest BCUT2D eigenvalue weighted by Crippen LogP contribution is -2.35. The summed E-state index contributed by atoms with van der Waals surface area (Å²) in [6.07, 6.45) is 6.53. The molecule has 5 heteroatoms. The number of hydrogen-bond acceptors (Lipinski definition) is 3. The number of rotatable bonds is 2. The van der Waals surface area contributed by atoms with Gasteiger partial charge in [-0.3, -0.25) is 19.3 Å². The van der Waals surface area contributed by atoms with Gasteiger partial charge in [0.1, 0.15) is 0 Å². The summed E-state index contributed by atoms with van der Waals surface area (Å²) in [6, 6.07) is 7.04. The molecule has 5 nitrogen and oxygen atoms in total. The molecule has 0 aromatic heterocycles. The van der Waals surface area contributed by atoms with Crippen molar-refractivity contribution in [3.8, 4) is 0 Å². The summed E-state index contributed by atoms with van der Waals surface area (Å²) >= 11 is 0.